The van der Waals surface area contributed by atoms with Crippen LogP contribution in [0.2, 0.25) is 0 Å². The Morgan fingerprint density at radius 1 is 1.10 bits per heavy atom. The zero-order chi connectivity index (χ0) is 14.8. The van der Waals surface area contributed by atoms with E-state index in [0.717, 1.165) is 24.0 Å². The minimum absolute atomic E-state index is 0.239. The van der Waals surface area contributed by atoms with Gasteiger partial charge in [-0.1, -0.05) is 30.3 Å². The van der Waals surface area contributed by atoms with Gasteiger partial charge in [-0.05, 0) is 48.6 Å². The van der Waals surface area contributed by atoms with Gasteiger partial charge < -0.3 is 14.6 Å². The van der Waals surface area contributed by atoms with Crippen molar-refractivity contribution in [3.05, 3.63) is 59.2 Å². The van der Waals surface area contributed by atoms with Crippen molar-refractivity contribution >= 4 is 0 Å². The Labute approximate surface area is 125 Å². The van der Waals surface area contributed by atoms with Crippen LogP contribution < -0.4 is 9.47 Å². The Morgan fingerprint density at radius 2 is 1.90 bits per heavy atom. The van der Waals surface area contributed by atoms with Gasteiger partial charge >= 0.3 is 0 Å². The SMILES string of the molecule is COc1cc(C)ccc1OC1CCc2ccccc2C1O. The van der Waals surface area contributed by atoms with E-state index in [-0.39, 0.29) is 6.10 Å². The maximum atomic E-state index is 10.5. The van der Waals surface area contributed by atoms with E-state index < -0.39 is 6.10 Å². The van der Waals surface area contributed by atoms with Crippen LogP contribution in [0.4, 0.5) is 0 Å². The van der Waals surface area contributed by atoms with Crippen LogP contribution in [0.1, 0.15) is 29.2 Å². The Bertz CT molecular complexity index is 636. The molecule has 0 saturated heterocycles. The average Bonchev–Trinajstić information content (AvgIpc) is 2.51. The molecule has 2 aromatic rings. The Balaban J connectivity index is 1.84. The second-order valence-electron chi connectivity index (χ2n) is 5.49. The number of rotatable bonds is 3. The number of aryl methyl sites for hydroxylation is 2. The summed E-state index contributed by atoms with van der Waals surface area (Å²) in [5.41, 5.74) is 3.30. The predicted octanol–water partition coefficient (Wildman–Crippen LogP) is 3.43. The van der Waals surface area contributed by atoms with Crippen LogP contribution in [-0.4, -0.2) is 18.3 Å². The van der Waals surface area contributed by atoms with Crippen LogP contribution in [0.3, 0.4) is 0 Å². The fraction of sp³-hybridized carbons (Fsp3) is 0.333. The highest BCUT2D eigenvalue weighted by Crippen LogP contribution is 2.35. The van der Waals surface area contributed by atoms with Gasteiger partial charge in [0.25, 0.3) is 0 Å². The molecule has 2 unspecified atom stereocenters. The lowest BCUT2D eigenvalue weighted by Crippen LogP contribution is -2.30. The third kappa shape index (κ3) is 2.74. The molecule has 0 saturated carbocycles. The molecule has 1 aliphatic rings. The molecule has 0 fully saturated rings. The minimum atomic E-state index is -0.596. The van der Waals surface area contributed by atoms with E-state index in [2.05, 4.69) is 6.07 Å². The number of methoxy groups -OCH3 is 1. The van der Waals surface area contributed by atoms with Gasteiger partial charge in [0, 0.05) is 0 Å². The van der Waals surface area contributed by atoms with Crippen molar-refractivity contribution in [1.82, 2.24) is 0 Å². The fourth-order valence-corrected chi connectivity index (χ4v) is 2.86. The summed E-state index contributed by atoms with van der Waals surface area (Å²) < 4.78 is 11.4. The van der Waals surface area contributed by atoms with Crippen molar-refractivity contribution in [2.75, 3.05) is 7.11 Å². The molecular formula is C18H20O3. The maximum absolute atomic E-state index is 10.5. The van der Waals surface area contributed by atoms with E-state index in [0.29, 0.717) is 11.5 Å². The number of hydrogen-bond acceptors (Lipinski definition) is 3. The zero-order valence-electron chi connectivity index (χ0n) is 12.4. The smallest absolute Gasteiger partial charge is 0.161 e. The van der Waals surface area contributed by atoms with E-state index in [1.165, 1.54) is 5.56 Å². The monoisotopic (exact) mass is 284 g/mol. The standard InChI is InChI=1S/C18H20O3/c1-12-7-9-15(17(11-12)20-2)21-16-10-8-13-5-3-4-6-14(13)18(16)19/h3-7,9,11,16,18-19H,8,10H2,1-2H3. The van der Waals surface area contributed by atoms with Crippen LogP contribution >= 0.6 is 0 Å². The molecule has 0 amide bonds. The van der Waals surface area contributed by atoms with Crippen LogP contribution in [0.25, 0.3) is 0 Å². The first-order valence-electron chi connectivity index (χ1n) is 7.26. The predicted molar refractivity (Wildman–Crippen MR) is 81.9 cm³/mol. The van der Waals surface area contributed by atoms with E-state index in [9.17, 15) is 5.11 Å². The highest BCUT2D eigenvalue weighted by atomic mass is 16.5. The summed E-state index contributed by atoms with van der Waals surface area (Å²) in [5.74, 6) is 1.40. The summed E-state index contributed by atoms with van der Waals surface area (Å²) in [4.78, 5) is 0. The van der Waals surface area contributed by atoms with Crippen molar-refractivity contribution in [3.63, 3.8) is 0 Å². The number of aliphatic hydroxyl groups excluding tert-OH is 1. The summed E-state index contributed by atoms with van der Waals surface area (Å²) in [5, 5.41) is 10.5. The topological polar surface area (TPSA) is 38.7 Å². The molecule has 21 heavy (non-hydrogen) atoms. The van der Waals surface area contributed by atoms with Gasteiger partial charge in [0.05, 0.1) is 7.11 Å². The summed E-state index contributed by atoms with van der Waals surface area (Å²) in [6, 6.07) is 13.8. The molecule has 2 aromatic carbocycles. The molecule has 0 heterocycles. The third-order valence-corrected chi connectivity index (χ3v) is 4.02. The van der Waals surface area contributed by atoms with Crippen LogP contribution in [0.15, 0.2) is 42.5 Å². The fourth-order valence-electron chi connectivity index (χ4n) is 2.86. The van der Waals surface area contributed by atoms with Crippen LogP contribution in [0, 0.1) is 6.92 Å². The van der Waals surface area contributed by atoms with Crippen molar-refractivity contribution in [3.8, 4) is 11.5 Å². The largest absolute Gasteiger partial charge is 0.493 e. The van der Waals surface area contributed by atoms with Crippen LogP contribution in [0.5, 0.6) is 11.5 Å². The molecule has 2 atom stereocenters. The number of fused-ring (bicyclic) bond motifs is 1. The summed E-state index contributed by atoms with van der Waals surface area (Å²) >= 11 is 0. The van der Waals surface area contributed by atoms with Crippen molar-refractivity contribution in [2.45, 2.75) is 32.0 Å². The van der Waals surface area contributed by atoms with Gasteiger partial charge in [0.2, 0.25) is 0 Å². The van der Waals surface area contributed by atoms with Crippen LogP contribution in [-0.2, 0) is 6.42 Å². The Morgan fingerprint density at radius 3 is 2.71 bits per heavy atom. The summed E-state index contributed by atoms with van der Waals surface area (Å²) in [6.07, 6.45) is 0.888. The summed E-state index contributed by atoms with van der Waals surface area (Å²) in [7, 11) is 1.63. The van der Waals surface area contributed by atoms with E-state index in [1.54, 1.807) is 7.11 Å². The van der Waals surface area contributed by atoms with Crippen molar-refractivity contribution in [1.29, 1.82) is 0 Å². The van der Waals surface area contributed by atoms with Gasteiger partial charge in [-0.3, -0.25) is 0 Å². The lowest BCUT2D eigenvalue weighted by molar-refractivity contribution is 0.0216. The number of hydrogen-bond donors (Lipinski definition) is 1. The number of benzene rings is 2. The van der Waals surface area contributed by atoms with E-state index in [4.69, 9.17) is 9.47 Å². The Hall–Kier alpha value is -2.00. The van der Waals surface area contributed by atoms with Crippen molar-refractivity contribution < 1.29 is 14.6 Å². The van der Waals surface area contributed by atoms with Crippen molar-refractivity contribution in [2.24, 2.45) is 0 Å². The number of ether oxygens (including phenoxy) is 2. The van der Waals surface area contributed by atoms with Gasteiger partial charge in [-0.15, -0.1) is 0 Å². The molecule has 0 aliphatic heterocycles. The summed E-state index contributed by atoms with van der Waals surface area (Å²) in [6.45, 7) is 2.01. The molecular weight excluding hydrogens is 264 g/mol. The van der Waals surface area contributed by atoms with E-state index in [1.807, 2.05) is 43.3 Å². The molecule has 0 radical (unpaired) electrons. The molecule has 1 aliphatic carbocycles. The normalized spacial score (nSPS) is 20.7. The maximum Gasteiger partial charge on any atom is 0.161 e. The second-order valence-corrected chi connectivity index (χ2v) is 5.49. The number of aliphatic hydroxyl groups is 1. The zero-order valence-corrected chi connectivity index (χ0v) is 12.4. The average molecular weight is 284 g/mol. The molecule has 0 spiro atoms. The molecule has 0 aromatic heterocycles. The lowest BCUT2D eigenvalue weighted by Gasteiger charge is -2.30. The first kappa shape index (κ1) is 14.0. The minimum Gasteiger partial charge on any atom is -0.493 e. The third-order valence-electron chi connectivity index (χ3n) is 4.02. The second kappa shape index (κ2) is 5.78. The molecule has 0 bridgehead atoms. The van der Waals surface area contributed by atoms with Gasteiger partial charge in [0.1, 0.15) is 12.2 Å². The molecule has 3 rings (SSSR count). The van der Waals surface area contributed by atoms with Gasteiger partial charge in [-0.2, -0.15) is 0 Å². The lowest BCUT2D eigenvalue weighted by atomic mass is 9.87. The molecule has 1 N–H and O–H groups in total. The molecule has 3 heteroatoms. The highest BCUT2D eigenvalue weighted by Gasteiger charge is 2.29. The first-order chi connectivity index (χ1) is 10.2. The van der Waals surface area contributed by atoms with E-state index >= 15 is 0 Å². The molecule has 110 valence electrons. The van der Waals surface area contributed by atoms with Gasteiger partial charge in [-0.25, -0.2) is 0 Å². The van der Waals surface area contributed by atoms with Gasteiger partial charge in [0.15, 0.2) is 11.5 Å². The Kier molecular flexibility index (Phi) is 3.84. The molecule has 3 nitrogen and oxygen atoms in total. The highest BCUT2D eigenvalue weighted by molar-refractivity contribution is 5.43. The quantitative estimate of drug-likeness (QED) is 0.938. The first-order valence-corrected chi connectivity index (χ1v) is 7.26.